The van der Waals surface area contributed by atoms with Crippen LogP contribution in [0.3, 0.4) is 0 Å². The molecule has 5 nitrogen and oxygen atoms in total. The third-order valence-corrected chi connectivity index (χ3v) is 3.41. The Hall–Kier alpha value is -1.85. The van der Waals surface area contributed by atoms with Crippen LogP contribution in [-0.2, 0) is 17.4 Å². The molecule has 0 aliphatic carbocycles. The predicted octanol–water partition coefficient (Wildman–Crippen LogP) is 1.26. The van der Waals surface area contributed by atoms with Crippen LogP contribution in [0.2, 0.25) is 5.02 Å². The van der Waals surface area contributed by atoms with Gasteiger partial charge in [-0.25, -0.2) is 0 Å². The second-order valence-electron chi connectivity index (χ2n) is 4.17. The van der Waals surface area contributed by atoms with Crippen LogP contribution in [0, 0.1) is 0 Å². The summed E-state index contributed by atoms with van der Waals surface area (Å²) in [4.78, 5) is 12.1. The van der Waals surface area contributed by atoms with Crippen molar-refractivity contribution < 1.29 is 9.90 Å². The normalized spacial score (nSPS) is 21.8. The molecule has 92 valence electrons. The van der Waals surface area contributed by atoms with Gasteiger partial charge in [0.2, 0.25) is 5.60 Å². The number of carbonyl (C=O) groups excluding carboxylic acids is 1. The Balaban J connectivity index is 2.30. The topological polar surface area (TPSA) is 67.1 Å². The van der Waals surface area contributed by atoms with Gasteiger partial charge < -0.3 is 10.4 Å². The van der Waals surface area contributed by atoms with Gasteiger partial charge in [0.1, 0.15) is 5.69 Å². The number of nitrogens with zero attached hydrogens (tertiary/aromatic N) is 2. The number of aromatic nitrogens is 2. The number of benzene rings is 1. The molecule has 0 bridgehead atoms. The van der Waals surface area contributed by atoms with Gasteiger partial charge in [0, 0.05) is 18.3 Å². The van der Waals surface area contributed by atoms with E-state index in [2.05, 4.69) is 10.4 Å². The summed E-state index contributed by atoms with van der Waals surface area (Å²) in [5, 5.41) is 17.6. The molecule has 0 saturated carbocycles. The standard InChI is InChI=1S/C12H10ClN3O2/c1-16-10(8(13)6-14-16)12(18)7-4-2-3-5-9(7)15-11(12)17/h2-6,18H,1H3,(H,15,17). The predicted molar refractivity (Wildman–Crippen MR) is 66.3 cm³/mol. The summed E-state index contributed by atoms with van der Waals surface area (Å²) < 4.78 is 1.41. The smallest absolute Gasteiger partial charge is 0.267 e. The van der Waals surface area contributed by atoms with Crippen LogP contribution >= 0.6 is 11.6 Å². The summed E-state index contributed by atoms with van der Waals surface area (Å²) in [6.07, 6.45) is 1.41. The number of carbonyl (C=O) groups is 1. The number of aliphatic hydroxyl groups is 1. The molecule has 1 unspecified atom stereocenters. The molecule has 2 N–H and O–H groups in total. The number of nitrogens with one attached hydrogen (secondary N) is 1. The van der Waals surface area contributed by atoms with Crippen LogP contribution < -0.4 is 5.32 Å². The van der Waals surface area contributed by atoms with E-state index in [9.17, 15) is 9.90 Å². The number of anilines is 1. The number of hydrogen-bond donors (Lipinski definition) is 2. The highest BCUT2D eigenvalue weighted by atomic mass is 35.5. The fourth-order valence-electron chi connectivity index (χ4n) is 2.30. The lowest BCUT2D eigenvalue weighted by molar-refractivity contribution is -0.130. The number of aryl methyl sites for hydroxylation is 1. The molecule has 2 aromatic rings. The van der Waals surface area contributed by atoms with E-state index in [1.54, 1.807) is 31.3 Å². The summed E-state index contributed by atoms with van der Waals surface area (Å²) in [6.45, 7) is 0. The third-order valence-electron chi connectivity index (χ3n) is 3.13. The third kappa shape index (κ3) is 1.26. The number of halogens is 1. The van der Waals surface area contributed by atoms with E-state index < -0.39 is 11.5 Å². The molecule has 0 spiro atoms. The van der Waals surface area contributed by atoms with Gasteiger partial charge in [-0.1, -0.05) is 29.8 Å². The zero-order valence-electron chi connectivity index (χ0n) is 9.51. The van der Waals surface area contributed by atoms with Crippen LogP contribution in [0.4, 0.5) is 5.69 Å². The minimum absolute atomic E-state index is 0.256. The Morgan fingerprint density at radius 2 is 2.17 bits per heavy atom. The SMILES string of the molecule is Cn1ncc(Cl)c1C1(O)C(=O)Nc2ccccc21. The van der Waals surface area contributed by atoms with Crippen molar-refractivity contribution in [3.8, 4) is 0 Å². The lowest BCUT2D eigenvalue weighted by Gasteiger charge is -2.21. The minimum atomic E-state index is -1.79. The Morgan fingerprint density at radius 3 is 2.83 bits per heavy atom. The van der Waals surface area contributed by atoms with Crippen molar-refractivity contribution in [1.82, 2.24) is 9.78 Å². The molecule has 0 radical (unpaired) electrons. The van der Waals surface area contributed by atoms with Crippen molar-refractivity contribution in [3.05, 3.63) is 46.7 Å². The fourth-order valence-corrected chi connectivity index (χ4v) is 2.60. The molecule has 18 heavy (non-hydrogen) atoms. The van der Waals surface area contributed by atoms with Gasteiger partial charge in [-0.05, 0) is 6.07 Å². The first kappa shape index (κ1) is 11.3. The van der Waals surface area contributed by atoms with Gasteiger partial charge in [-0.15, -0.1) is 0 Å². The summed E-state index contributed by atoms with van der Waals surface area (Å²) >= 11 is 6.02. The molecule has 1 aromatic heterocycles. The van der Waals surface area contributed by atoms with E-state index in [1.807, 2.05) is 0 Å². The maximum atomic E-state index is 12.1. The summed E-state index contributed by atoms with van der Waals surface area (Å²) in [7, 11) is 1.63. The van der Waals surface area contributed by atoms with E-state index >= 15 is 0 Å². The van der Waals surface area contributed by atoms with Crippen LogP contribution in [0.25, 0.3) is 0 Å². The molecular weight excluding hydrogens is 254 g/mol. The Labute approximate surface area is 108 Å². The van der Waals surface area contributed by atoms with Crippen molar-refractivity contribution in [1.29, 1.82) is 0 Å². The highest BCUT2D eigenvalue weighted by molar-refractivity contribution is 6.31. The van der Waals surface area contributed by atoms with Crippen molar-refractivity contribution in [3.63, 3.8) is 0 Å². The molecular formula is C12H10ClN3O2. The quantitative estimate of drug-likeness (QED) is 0.814. The van der Waals surface area contributed by atoms with Gasteiger partial charge in [0.25, 0.3) is 5.91 Å². The molecule has 1 amide bonds. The molecule has 2 heterocycles. The van der Waals surface area contributed by atoms with Crippen LogP contribution in [0.15, 0.2) is 30.5 Å². The van der Waals surface area contributed by atoms with Crippen LogP contribution in [0.1, 0.15) is 11.3 Å². The molecule has 1 aliphatic rings. The van der Waals surface area contributed by atoms with Crippen LogP contribution in [-0.4, -0.2) is 20.8 Å². The van der Waals surface area contributed by atoms with Gasteiger partial charge in [0.15, 0.2) is 0 Å². The van der Waals surface area contributed by atoms with Gasteiger partial charge in [-0.3, -0.25) is 9.48 Å². The number of fused-ring (bicyclic) bond motifs is 1. The van der Waals surface area contributed by atoms with E-state index in [-0.39, 0.29) is 10.7 Å². The maximum Gasteiger partial charge on any atom is 0.267 e. The fraction of sp³-hybridized carbons (Fsp3) is 0.167. The zero-order chi connectivity index (χ0) is 12.9. The van der Waals surface area contributed by atoms with Crippen molar-refractivity contribution in [2.45, 2.75) is 5.60 Å². The van der Waals surface area contributed by atoms with E-state index in [4.69, 9.17) is 11.6 Å². The summed E-state index contributed by atoms with van der Waals surface area (Å²) in [6, 6.07) is 6.97. The highest BCUT2D eigenvalue weighted by Crippen LogP contribution is 2.42. The Bertz CT molecular complexity index is 633. The zero-order valence-corrected chi connectivity index (χ0v) is 10.3. The average molecular weight is 264 g/mol. The number of hydrogen-bond acceptors (Lipinski definition) is 3. The van der Waals surface area contributed by atoms with E-state index in [0.29, 0.717) is 11.3 Å². The second-order valence-corrected chi connectivity index (χ2v) is 4.58. The first-order valence-corrected chi connectivity index (χ1v) is 5.74. The number of para-hydroxylation sites is 1. The van der Waals surface area contributed by atoms with Crippen LogP contribution in [0.5, 0.6) is 0 Å². The molecule has 3 rings (SSSR count). The summed E-state index contributed by atoms with van der Waals surface area (Å²) in [5.41, 5.74) is -0.451. The molecule has 0 saturated heterocycles. The largest absolute Gasteiger partial charge is 0.370 e. The average Bonchev–Trinajstić information content (AvgIpc) is 2.80. The van der Waals surface area contributed by atoms with Gasteiger partial charge in [-0.2, -0.15) is 5.10 Å². The van der Waals surface area contributed by atoms with E-state index in [0.717, 1.165) is 0 Å². The summed E-state index contributed by atoms with van der Waals surface area (Å²) in [5.74, 6) is -0.519. The minimum Gasteiger partial charge on any atom is -0.370 e. The molecule has 1 atom stereocenters. The first-order valence-electron chi connectivity index (χ1n) is 5.36. The molecule has 6 heteroatoms. The maximum absolute atomic E-state index is 12.1. The number of rotatable bonds is 1. The van der Waals surface area contributed by atoms with Crippen molar-refractivity contribution >= 4 is 23.2 Å². The lowest BCUT2D eigenvalue weighted by Crippen LogP contribution is -2.37. The van der Waals surface area contributed by atoms with Gasteiger partial charge in [0.05, 0.1) is 11.2 Å². The Kier molecular flexibility index (Phi) is 2.23. The monoisotopic (exact) mass is 263 g/mol. The lowest BCUT2D eigenvalue weighted by atomic mass is 9.92. The molecule has 1 aliphatic heterocycles. The Morgan fingerprint density at radius 1 is 1.44 bits per heavy atom. The molecule has 1 aromatic carbocycles. The van der Waals surface area contributed by atoms with Crippen molar-refractivity contribution in [2.75, 3.05) is 5.32 Å². The van der Waals surface area contributed by atoms with Gasteiger partial charge >= 0.3 is 0 Å². The molecule has 0 fully saturated rings. The number of amides is 1. The van der Waals surface area contributed by atoms with E-state index in [1.165, 1.54) is 10.9 Å². The highest BCUT2D eigenvalue weighted by Gasteiger charge is 2.49. The van der Waals surface area contributed by atoms with Crippen molar-refractivity contribution in [2.24, 2.45) is 7.05 Å². The first-order chi connectivity index (χ1) is 8.55. The second kappa shape index (κ2) is 3.57.